The number of hydrogen-bond donors (Lipinski definition) is 0. The third-order valence-electron chi connectivity index (χ3n) is 5.67. The molecule has 0 heterocycles. The topological polar surface area (TPSA) is 0 Å². The summed E-state index contributed by atoms with van der Waals surface area (Å²) in [5.41, 5.74) is 3.19. The lowest BCUT2D eigenvalue weighted by Gasteiger charge is -2.56. The van der Waals surface area contributed by atoms with Crippen molar-refractivity contribution in [3.8, 4) is 0 Å². The molecule has 0 spiro atoms. The molecule has 0 N–H and O–H groups in total. The van der Waals surface area contributed by atoms with Crippen molar-refractivity contribution in [1.82, 2.24) is 0 Å². The van der Waals surface area contributed by atoms with Gasteiger partial charge in [0, 0.05) is 16.0 Å². The van der Waals surface area contributed by atoms with Crippen molar-refractivity contribution in [1.29, 1.82) is 0 Å². The summed E-state index contributed by atoms with van der Waals surface area (Å²) in [5, 5.41) is 1.64. The highest BCUT2D eigenvalue weighted by atomic mass is 35.5. The van der Waals surface area contributed by atoms with Crippen LogP contribution in [-0.4, -0.2) is 0 Å². The van der Waals surface area contributed by atoms with E-state index in [0.717, 1.165) is 10.0 Å². The predicted molar refractivity (Wildman–Crippen MR) is 93.5 cm³/mol. The van der Waals surface area contributed by atoms with Gasteiger partial charge < -0.3 is 0 Å². The van der Waals surface area contributed by atoms with Gasteiger partial charge in [0.25, 0.3) is 0 Å². The second-order valence-electron chi connectivity index (χ2n) is 6.64. The van der Waals surface area contributed by atoms with Crippen molar-refractivity contribution < 1.29 is 0 Å². The zero-order valence-electron chi connectivity index (χ0n) is 12.5. The van der Waals surface area contributed by atoms with Gasteiger partial charge in [0.05, 0.1) is 0 Å². The van der Waals surface area contributed by atoms with Crippen LogP contribution in [0.25, 0.3) is 0 Å². The molecule has 0 bridgehead atoms. The van der Waals surface area contributed by atoms with E-state index in [9.17, 15) is 0 Å². The van der Waals surface area contributed by atoms with Crippen molar-refractivity contribution in [2.24, 2.45) is 5.92 Å². The van der Waals surface area contributed by atoms with E-state index in [1.165, 1.54) is 43.2 Å². The van der Waals surface area contributed by atoms with Gasteiger partial charge in [-0.1, -0.05) is 53.9 Å². The first-order chi connectivity index (χ1) is 10.7. The van der Waals surface area contributed by atoms with Crippen molar-refractivity contribution in [3.63, 3.8) is 0 Å². The Morgan fingerprint density at radius 2 is 1.41 bits per heavy atom. The van der Waals surface area contributed by atoms with Crippen LogP contribution in [0.1, 0.15) is 43.2 Å². The second kappa shape index (κ2) is 5.58. The van der Waals surface area contributed by atoms with E-state index in [2.05, 4.69) is 24.3 Å². The van der Waals surface area contributed by atoms with E-state index in [4.69, 9.17) is 23.2 Å². The summed E-state index contributed by atoms with van der Waals surface area (Å²) in [6.45, 7) is 0. The summed E-state index contributed by atoms with van der Waals surface area (Å²) in [6, 6.07) is 16.9. The Kier molecular flexibility index (Phi) is 3.71. The zero-order valence-corrected chi connectivity index (χ0v) is 14.0. The van der Waals surface area contributed by atoms with Gasteiger partial charge in [-0.3, -0.25) is 0 Å². The molecule has 0 amide bonds. The van der Waals surface area contributed by atoms with Gasteiger partial charge in [0.15, 0.2) is 0 Å². The SMILES string of the molecule is Clc1ccc([C]2CCC2C2(c3ccc(Cl)cc3)CCC2)cc1. The van der Waals surface area contributed by atoms with E-state index >= 15 is 0 Å². The summed E-state index contributed by atoms with van der Waals surface area (Å²) in [7, 11) is 0. The van der Waals surface area contributed by atoms with E-state index in [-0.39, 0.29) is 0 Å². The van der Waals surface area contributed by atoms with Crippen LogP contribution in [-0.2, 0) is 5.41 Å². The maximum absolute atomic E-state index is 6.07. The molecule has 22 heavy (non-hydrogen) atoms. The Morgan fingerprint density at radius 1 is 0.818 bits per heavy atom. The summed E-state index contributed by atoms with van der Waals surface area (Å²) in [6.07, 6.45) is 6.47. The van der Waals surface area contributed by atoms with E-state index in [1.807, 2.05) is 24.3 Å². The average Bonchev–Trinajstić information content (AvgIpc) is 2.45. The standard InChI is InChI=1S/C20H19Cl2/c21-16-6-2-14(3-7-16)18-10-11-19(18)20(12-1-13-20)15-4-8-17(22)9-5-15/h2-9,19H,1,10-13H2. The Bertz CT molecular complexity index is 653. The van der Waals surface area contributed by atoms with Crippen LogP contribution in [0.3, 0.4) is 0 Å². The van der Waals surface area contributed by atoms with Gasteiger partial charge in [0.2, 0.25) is 0 Å². The van der Waals surface area contributed by atoms with Crippen LogP contribution >= 0.6 is 23.2 Å². The minimum absolute atomic E-state index is 0.345. The maximum Gasteiger partial charge on any atom is 0.0406 e. The molecule has 0 saturated heterocycles. The summed E-state index contributed by atoms with van der Waals surface area (Å²) >= 11 is 12.1. The lowest BCUT2D eigenvalue weighted by Crippen LogP contribution is -2.48. The first kappa shape index (κ1) is 14.6. The molecule has 2 saturated carbocycles. The highest BCUT2D eigenvalue weighted by Crippen LogP contribution is 2.60. The van der Waals surface area contributed by atoms with Gasteiger partial charge in [0.1, 0.15) is 0 Å². The molecule has 2 aromatic rings. The monoisotopic (exact) mass is 329 g/mol. The Hall–Kier alpha value is -0.980. The van der Waals surface area contributed by atoms with Crippen molar-refractivity contribution >= 4 is 23.2 Å². The molecule has 0 aliphatic heterocycles. The molecule has 2 aliphatic rings. The van der Waals surface area contributed by atoms with Gasteiger partial charge in [-0.15, -0.1) is 0 Å². The molecule has 0 nitrogen and oxygen atoms in total. The number of benzene rings is 2. The molecule has 2 fully saturated rings. The van der Waals surface area contributed by atoms with Crippen LogP contribution < -0.4 is 0 Å². The van der Waals surface area contributed by atoms with Gasteiger partial charge >= 0.3 is 0 Å². The Balaban J connectivity index is 1.64. The minimum atomic E-state index is 0.345. The van der Waals surface area contributed by atoms with Crippen LogP contribution in [0.2, 0.25) is 10.0 Å². The normalized spacial score (nSPS) is 23.6. The van der Waals surface area contributed by atoms with Crippen molar-refractivity contribution in [2.45, 2.75) is 37.5 Å². The quantitative estimate of drug-likeness (QED) is 0.607. The molecule has 2 heteroatoms. The number of halogens is 2. The maximum atomic E-state index is 6.07. The number of hydrogen-bond acceptors (Lipinski definition) is 0. The smallest absolute Gasteiger partial charge is 0.0406 e. The molecule has 0 aromatic heterocycles. The van der Waals surface area contributed by atoms with Gasteiger partial charge in [-0.2, -0.15) is 0 Å². The molecule has 2 aromatic carbocycles. The molecule has 1 radical (unpaired) electrons. The fourth-order valence-corrected chi connectivity index (χ4v) is 4.48. The fraction of sp³-hybridized carbons (Fsp3) is 0.350. The van der Waals surface area contributed by atoms with E-state index < -0.39 is 0 Å². The Labute approximate surface area is 142 Å². The molecular weight excluding hydrogens is 311 g/mol. The second-order valence-corrected chi connectivity index (χ2v) is 7.51. The van der Waals surface area contributed by atoms with Gasteiger partial charge in [-0.25, -0.2) is 0 Å². The third kappa shape index (κ3) is 2.28. The van der Waals surface area contributed by atoms with Crippen molar-refractivity contribution in [2.75, 3.05) is 0 Å². The highest BCUT2D eigenvalue weighted by molar-refractivity contribution is 6.30. The van der Waals surface area contributed by atoms with Gasteiger partial charge in [-0.05, 0) is 72.4 Å². The first-order valence-corrected chi connectivity index (χ1v) is 8.82. The van der Waals surface area contributed by atoms with E-state index in [0.29, 0.717) is 11.3 Å². The molecular formula is C20H19Cl2. The lowest BCUT2D eigenvalue weighted by molar-refractivity contribution is 0.109. The van der Waals surface area contributed by atoms with Crippen LogP contribution in [0.5, 0.6) is 0 Å². The van der Waals surface area contributed by atoms with Crippen LogP contribution in [0, 0.1) is 11.8 Å². The van der Waals surface area contributed by atoms with E-state index in [1.54, 1.807) is 5.92 Å². The van der Waals surface area contributed by atoms with Crippen molar-refractivity contribution in [3.05, 3.63) is 75.6 Å². The first-order valence-electron chi connectivity index (χ1n) is 8.07. The molecule has 1 unspecified atom stereocenters. The van der Waals surface area contributed by atoms with Crippen LogP contribution in [0.4, 0.5) is 0 Å². The van der Waals surface area contributed by atoms with Crippen LogP contribution in [0.15, 0.2) is 48.5 Å². The summed E-state index contributed by atoms with van der Waals surface area (Å²) in [5.74, 6) is 2.30. The lowest BCUT2D eigenvalue weighted by atomic mass is 9.48. The summed E-state index contributed by atoms with van der Waals surface area (Å²) < 4.78 is 0. The summed E-state index contributed by atoms with van der Waals surface area (Å²) in [4.78, 5) is 0. The average molecular weight is 330 g/mol. The predicted octanol–water partition coefficient (Wildman–Crippen LogP) is 6.45. The highest BCUT2D eigenvalue weighted by Gasteiger charge is 2.52. The molecule has 4 rings (SSSR count). The molecule has 2 aliphatic carbocycles. The number of rotatable bonds is 3. The fourth-order valence-electron chi connectivity index (χ4n) is 4.23. The largest absolute Gasteiger partial charge is 0.0843 e. The molecule has 113 valence electrons. The zero-order chi connectivity index (χ0) is 15.2. The Morgan fingerprint density at radius 3 is 1.86 bits per heavy atom. The minimum Gasteiger partial charge on any atom is -0.0843 e. The molecule has 1 atom stereocenters. The third-order valence-corrected chi connectivity index (χ3v) is 6.17.